The van der Waals surface area contributed by atoms with Crippen molar-refractivity contribution in [1.29, 1.82) is 0 Å². The molecule has 11 rings (SSSR count). The van der Waals surface area contributed by atoms with Crippen LogP contribution < -0.4 is 0 Å². The highest BCUT2D eigenvalue weighted by molar-refractivity contribution is 6.05. The van der Waals surface area contributed by atoms with Crippen LogP contribution in [0.3, 0.4) is 0 Å². The minimum Gasteiger partial charge on any atom is -0.317 e. The van der Waals surface area contributed by atoms with E-state index in [1.165, 1.54) is 72.4 Å². The van der Waals surface area contributed by atoms with Crippen molar-refractivity contribution in [2.75, 3.05) is 0 Å². The van der Waals surface area contributed by atoms with Crippen LogP contribution in [-0.2, 0) is 11.8 Å². The SMILES string of the molecule is C\C=C/C(=C\C=C(/C)c1ccc2c(c1)c1c3n2-c2ccccc2C2(C3=CC=CC1)c1ccccc1-c1ccccc12)N1C(c2ccccc2)=NC2C=CC=CC21. The van der Waals surface area contributed by atoms with E-state index in [-0.39, 0.29) is 12.1 Å². The largest absolute Gasteiger partial charge is 0.317 e. The average molecular weight is 720 g/mol. The quantitative estimate of drug-likeness (QED) is 0.163. The molecule has 6 aromatic rings. The lowest BCUT2D eigenvalue weighted by molar-refractivity contribution is 0.455. The molecule has 2 unspecified atom stereocenters. The number of hydrogen-bond acceptors (Lipinski definition) is 2. The van der Waals surface area contributed by atoms with Gasteiger partial charge in [0.25, 0.3) is 0 Å². The number of hydrogen-bond donors (Lipinski definition) is 0. The van der Waals surface area contributed by atoms with Crippen LogP contribution in [0.2, 0.25) is 0 Å². The van der Waals surface area contributed by atoms with Crippen LogP contribution in [0.4, 0.5) is 0 Å². The minimum atomic E-state index is -0.413. The van der Waals surface area contributed by atoms with E-state index >= 15 is 0 Å². The molecular formula is C53H41N3. The lowest BCUT2D eigenvalue weighted by Crippen LogP contribution is -2.37. The number of benzene rings is 5. The predicted octanol–water partition coefficient (Wildman–Crippen LogP) is 11.9. The molecule has 3 heteroatoms. The Bertz CT molecular complexity index is 2820. The van der Waals surface area contributed by atoms with Gasteiger partial charge in [-0.05, 0) is 101 Å². The maximum Gasteiger partial charge on any atom is 0.136 e. The van der Waals surface area contributed by atoms with Gasteiger partial charge >= 0.3 is 0 Å². The fourth-order valence-electron chi connectivity index (χ4n) is 10.1. The Labute approximate surface area is 328 Å². The molecule has 1 spiro atoms. The van der Waals surface area contributed by atoms with Crippen molar-refractivity contribution in [3.05, 3.63) is 233 Å². The highest BCUT2D eigenvalue weighted by Gasteiger charge is 2.52. The first-order chi connectivity index (χ1) is 27.7. The summed E-state index contributed by atoms with van der Waals surface area (Å²) < 4.78 is 2.56. The first-order valence-electron chi connectivity index (χ1n) is 19.8. The Morgan fingerprint density at radius 2 is 1.46 bits per heavy atom. The van der Waals surface area contributed by atoms with E-state index in [1.54, 1.807) is 0 Å². The number of aromatic nitrogens is 1. The van der Waals surface area contributed by atoms with E-state index in [2.05, 4.69) is 211 Å². The van der Waals surface area contributed by atoms with Crippen molar-refractivity contribution < 1.29 is 0 Å². The summed E-state index contributed by atoms with van der Waals surface area (Å²) in [5.41, 5.74) is 17.6. The van der Waals surface area contributed by atoms with Gasteiger partial charge in [-0.3, -0.25) is 4.99 Å². The van der Waals surface area contributed by atoms with E-state index < -0.39 is 5.41 Å². The topological polar surface area (TPSA) is 20.5 Å². The standard InChI is InChI=1S/C53H41N3/c1-3-17-38(55-50-29-16-14-27-47(50)54-52(55)36-18-5-4-6-19-36)32-30-35(2)37-31-33-48-42(34-37)41-22-9-12-26-46-51(41)56(48)49-28-15-13-25-45(49)53(46)43-23-10-7-20-39(43)40-21-8-11-24-44(40)53/h3-21,23-34,47,50H,22H2,1-2H3/b17-3-,35-30+,38-32+. The summed E-state index contributed by atoms with van der Waals surface area (Å²) in [6, 6.07) is 45.1. The van der Waals surface area contributed by atoms with Crippen LogP contribution >= 0.6 is 0 Å². The molecule has 3 aliphatic carbocycles. The predicted molar refractivity (Wildman–Crippen MR) is 233 cm³/mol. The fraction of sp³-hybridized carbons (Fsp3) is 0.113. The van der Waals surface area contributed by atoms with Crippen LogP contribution in [0.5, 0.6) is 0 Å². The van der Waals surface area contributed by atoms with Crippen LogP contribution in [0.1, 0.15) is 52.9 Å². The molecule has 268 valence electrons. The zero-order valence-corrected chi connectivity index (χ0v) is 31.6. The van der Waals surface area contributed by atoms with Crippen LogP contribution in [0, 0.1) is 0 Å². The van der Waals surface area contributed by atoms with Gasteiger partial charge in [0.1, 0.15) is 5.84 Å². The number of rotatable bonds is 5. The van der Waals surface area contributed by atoms with Crippen LogP contribution in [0.25, 0.3) is 38.9 Å². The van der Waals surface area contributed by atoms with Gasteiger partial charge in [-0.2, -0.15) is 0 Å². The molecule has 0 N–H and O–H groups in total. The van der Waals surface area contributed by atoms with Crippen molar-refractivity contribution in [1.82, 2.24) is 9.47 Å². The molecule has 0 bridgehead atoms. The van der Waals surface area contributed by atoms with E-state index in [1.807, 2.05) is 0 Å². The van der Waals surface area contributed by atoms with Crippen molar-refractivity contribution in [3.8, 4) is 16.8 Å². The third kappa shape index (κ3) is 4.55. The summed E-state index contributed by atoms with van der Waals surface area (Å²) in [5.74, 6) is 1.01. The van der Waals surface area contributed by atoms with E-state index in [0.29, 0.717) is 0 Å². The number of nitrogens with zero attached hydrogens (tertiary/aromatic N) is 3. The van der Waals surface area contributed by atoms with E-state index in [9.17, 15) is 0 Å². The number of amidine groups is 1. The Morgan fingerprint density at radius 3 is 2.25 bits per heavy atom. The zero-order chi connectivity index (χ0) is 37.4. The van der Waals surface area contributed by atoms with Gasteiger partial charge in [0.15, 0.2) is 0 Å². The molecule has 5 aromatic carbocycles. The molecule has 2 atom stereocenters. The molecular weight excluding hydrogens is 679 g/mol. The van der Waals surface area contributed by atoms with Gasteiger partial charge in [0, 0.05) is 16.6 Å². The second-order valence-electron chi connectivity index (χ2n) is 15.3. The van der Waals surface area contributed by atoms with Gasteiger partial charge in [0.2, 0.25) is 0 Å². The molecule has 3 heterocycles. The summed E-state index contributed by atoms with van der Waals surface area (Å²) in [6.07, 6.45) is 25.6. The van der Waals surface area contributed by atoms with Gasteiger partial charge in [-0.1, -0.05) is 158 Å². The first kappa shape index (κ1) is 32.7. The number of aliphatic imine (C=N–C) groups is 1. The molecule has 0 fully saturated rings. The zero-order valence-electron chi connectivity index (χ0n) is 31.6. The van der Waals surface area contributed by atoms with Gasteiger partial charge < -0.3 is 9.47 Å². The van der Waals surface area contributed by atoms with Crippen molar-refractivity contribution in [3.63, 3.8) is 0 Å². The number of para-hydroxylation sites is 1. The summed E-state index contributed by atoms with van der Waals surface area (Å²) >= 11 is 0. The minimum absolute atomic E-state index is 0.0849. The van der Waals surface area contributed by atoms with Crippen molar-refractivity contribution in [2.45, 2.75) is 37.8 Å². The second-order valence-corrected chi connectivity index (χ2v) is 15.3. The Morgan fingerprint density at radius 1 is 0.750 bits per heavy atom. The number of allylic oxidation sites excluding steroid dienone is 11. The third-order valence-corrected chi connectivity index (χ3v) is 12.4. The lowest BCUT2D eigenvalue weighted by atomic mass is 9.64. The molecule has 0 amide bonds. The monoisotopic (exact) mass is 719 g/mol. The first-order valence-corrected chi connectivity index (χ1v) is 19.8. The van der Waals surface area contributed by atoms with Gasteiger partial charge in [-0.25, -0.2) is 0 Å². The van der Waals surface area contributed by atoms with Crippen LogP contribution in [0.15, 0.2) is 199 Å². The molecule has 56 heavy (non-hydrogen) atoms. The van der Waals surface area contributed by atoms with Gasteiger partial charge in [0.05, 0.1) is 34.4 Å². The van der Waals surface area contributed by atoms with Gasteiger partial charge in [-0.15, -0.1) is 0 Å². The maximum absolute atomic E-state index is 5.22. The smallest absolute Gasteiger partial charge is 0.136 e. The van der Waals surface area contributed by atoms with Crippen molar-refractivity contribution >= 4 is 27.9 Å². The summed E-state index contributed by atoms with van der Waals surface area (Å²) in [6.45, 7) is 4.33. The van der Waals surface area contributed by atoms with E-state index in [0.717, 1.165) is 23.5 Å². The fourth-order valence-corrected chi connectivity index (χ4v) is 10.1. The number of fused-ring (bicyclic) bond motifs is 13. The third-order valence-electron chi connectivity index (χ3n) is 12.4. The molecule has 1 aromatic heterocycles. The van der Waals surface area contributed by atoms with Crippen LogP contribution in [-0.4, -0.2) is 27.4 Å². The molecule has 2 aliphatic heterocycles. The molecule has 3 nitrogen and oxygen atoms in total. The summed E-state index contributed by atoms with van der Waals surface area (Å²) in [7, 11) is 0. The molecule has 0 radical (unpaired) electrons. The Balaban J connectivity index is 1.07. The maximum atomic E-state index is 5.22. The Kier molecular flexibility index (Phi) is 7.40. The molecule has 0 saturated heterocycles. The van der Waals surface area contributed by atoms with Crippen molar-refractivity contribution in [2.24, 2.45) is 4.99 Å². The Hall–Kier alpha value is -6.71. The van der Waals surface area contributed by atoms with E-state index in [4.69, 9.17) is 4.99 Å². The second kappa shape index (κ2) is 12.7. The molecule has 5 aliphatic rings. The lowest BCUT2D eigenvalue weighted by Gasteiger charge is -2.41. The highest BCUT2D eigenvalue weighted by atomic mass is 15.3. The summed E-state index contributed by atoms with van der Waals surface area (Å²) in [5, 5.41) is 1.31. The molecule has 0 saturated carbocycles. The average Bonchev–Trinajstić information content (AvgIpc) is 3.83. The highest BCUT2D eigenvalue weighted by Crippen LogP contribution is 2.63. The normalized spacial score (nSPS) is 19.8. The summed E-state index contributed by atoms with van der Waals surface area (Å²) in [4.78, 5) is 7.62.